The molecule has 1 unspecified atom stereocenters. The minimum absolute atomic E-state index is 0.137. The smallest absolute Gasteiger partial charge is 0.0177 e. The van der Waals surface area contributed by atoms with Crippen LogP contribution in [0.4, 0.5) is 0 Å². The summed E-state index contributed by atoms with van der Waals surface area (Å²) >= 11 is 0. The first-order valence-electron chi connectivity index (χ1n) is 6.68. The molecule has 18 heavy (non-hydrogen) atoms. The monoisotopic (exact) mass is 248 g/mol. The van der Waals surface area contributed by atoms with Crippen molar-refractivity contribution in [3.63, 3.8) is 0 Å². The minimum Gasteiger partial charge on any atom is -0.311 e. The van der Waals surface area contributed by atoms with E-state index in [-0.39, 0.29) is 11.0 Å². The fourth-order valence-electron chi connectivity index (χ4n) is 2.25. The normalized spacial score (nSPS) is 15.7. The Morgan fingerprint density at radius 2 is 1.56 bits per heavy atom. The second-order valence-corrected chi connectivity index (χ2v) is 6.77. The predicted molar refractivity (Wildman–Crippen MR) is 80.1 cm³/mol. The maximum atomic E-state index is 3.64. The van der Waals surface area contributed by atoms with E-state index in [9.17, 15) is 0 Å². The number of benzene rings is 1. The first kappa shape index (κ1) is 15.2. The standard InChI is InChI=1S/C16H28N2/c1-15(2,3)17-12-16(4,13-18(5)6)14-10-8-7-9-11-14/h7-11,17H,12-13H2,1-6H3. The highest BCUT2D eigenvalue weighted by atomic mass is 15.1. The van der Waals surface area contributed by atoms with E-state index >= 15 is 0 Å². The Balaban J connectivity index is 2.89. The van der Waals surface area contributed by atoms with Gasteiger partial charge in [0.1, 0.15) is 0 Å². The molecule has 0 radical (unpaired) electrons. The molecule has 102 valence electrons. The molecule has 1 aromatic rings. The topological polar surface area (TPSA) is 15.3 Å². The maximum Gasteiger partial charge on any atom is 0.0177 e. The van der Waals surface area contributed by atoms with Crippen LogP contribution in [-0.4, -0.2) is 37.6 Å². The largest absolute Gasteiger partial charge is 0.311 e. The number of rotatable bonds is 5. The molecule has 0 aliphatic carbocycles. The molecule has 0 amide bonds. The Hall–Kier alpha value is -0.860. The summed E-state index contributed by atoms with van der Waals surface area (Å²) in [4.78, 5) is 2.26. The maximum absolute atomic E-state index is 3.64. The summed E-state index contributed by atoms with van der Waals surface area (Å²) in [6.07, 6.45) is 0. The van der Waals surface area contributed by atoms with Crippen LogP contribution in [0.1, 0.15) is 33.3 Å². The van der Waals surface area contributed by atoms with Gasteiger partial charge in [0.15, 0.2) is 0 Å². The zero-order chi connectivity index (χ0) is 13.8. The van der Waals surface area contributed by atoms with Crippen molar-refractivity contribution in [2.75, 3.05) is 27.2 Å². The average Bonchev–Trinajstić information content (AvgIpc) is 2.26. The van der Waals surface area contributed by atoms with Crippen LogP contribution in [0.3, 0.4) is 0 Å². The van der Waals surface area contributed by atoms with Crippen LogP contribution in [0.5, 0.6) is 0 Å². The third-order valence-electron chi connectivity index (χ3n) is 3.14. The third-order valence-corrected chi connectivity index (χ3v) is 3.14. The van der Waals surface area contributed by atoms with Crippen molar-refractivity contribution in [1.82, 2.24) is 10.2 Å². The molecule has 1 atom stereocenters. The summed E-state index contributed by atoms with van der Waals surface area (Å²) < 4.78 is 0. The number of likely N-dealkylation sites (N-methyl/N-ethyl adjacent to an activating group) is 1. The van der Waals surface area contributed by atoms with Crippen molar-refractivity contribution in [2.45, 2.75) is 38.6 Å². The molecule has 0 aromatic heterocycles. The Bertz CT molecular complexity index is 351. The van der Waals surface area contributed by atoms with Gasteiger partial charge in [-0.3, -0.25) is 0 Å². The highest BCUT2D eigenvalue weighted by molar-refractivity contribution is 5.25. The van der Waals surface area contributed by atoms with Crippen LogP contribution in [0, 0.1) is 0 Å². The molecule has 0 fully saturated rings. The van der Waals surface area contributed by atoms with E-state index in [1.54, 1.807) is 0 Å². The van der Waals surface area contributed by atoms with Crippen LogP contribution in [-0.2, 0) is 5.41 Å². The summed E-state index contributed by atoms with van der Waals surface area (Å²) in [5.74, 6) is 0. The van der Waals surface area contributed by atoms with Crippen LogP contribution in [0.2, 0.25) is 0 Å². The van der Waals surface area contributed by atoms with Gasteiger partial charge < -0.3 is 10.2 Å². The van der Waals surface area contributed by atoms with E-state index in [1.807, 2.05) is 0 Å². The Kier molecular flexibility index (Phi) is 4.94. The van der Waals surface area contributed by atoms with E-state index in [0.29, 0.717) is 0 Å². The summed E-state index contributed by atoms with van der Waals surface area (Å²) in [7, 11) is 4.27. The molecule has 1 aromatic carbocycles. The second kappa shape index (κ2) is 5.85. The van der Waals surface area contributed by atoms with Gasteiger partial charge in [-0.05, 0) is 40.4 Å². The highest BCUT2D eigenvalue weighted by Crippen LogP contribution is 2.24. The van der Waals surface area contributed by atoms with Gasteiger partial charge in [-0.15, -0.1) is 0 Å². The van der Waals surface area contributed by atoms with Crippen molar-refractivity contribution in [3.05, 3.63) is 35.9 Å². The number of hydrogen-bond acceptors (Lipinski definition) is 2. The van der Waals surface area contributed by atoms with Crippen molar-refractivity contribution in [2.24, 2.45) is 0 Å². The van der Waals surface area contributed by atoms with Gasteiger partial charge in [0, 0.05) is 24.0 Å². The summed E-state index contributed by atoms with van der Waals surface area (Å²) in [5.41, 5.74) is 1.69. The molecule has 0 spiro atoms. The molecule has 2 nitrogen and oxygen atoms in total. The zero-order valence-corrected chi connectivity index (χ0v) is 12.7. The molecule has 1 N–H and O–H groups in total. The van der Waals surface area contributed by atoms with E-state index < -0.39 is 0 Å². The van der Waals surface area contributed by atoms with Crippen molar-refractivity contribution >= 4 is 0 Å². The van der Waals surface area contributed by atoms with Gasteiger partial charge in [0.05, 0.1) is 0 Å². The molecule has 0 saturated carbocycles. The van der Waals surface area contributed by atoms with Gasteiger partial charge in [0.25, 0.3) is 0 Å². The lowest BCUT2D eigenvalue weighted by Crippen LogP contribution is -2.48. The number of nitrogens with zero attached hydrogens (tertiary/aromatic N) is 1. The summed E-state index contributed by atoms with van der Waals surface area (Å²) in [6.45, 7) is 11.0. The van der Waals surface area contributed by atoms with Crippen molar-refractivity contribution < 1.29 is 0 Å². The molecule has 0 aliphatic rings. The Morgan fingerprint density at radius 3 is 2.00 bits per heavy atom. The molecule has 2 heteroatoms. The fourth-order valence-corrected chi connectivity index (χ4v) is 2.25. The van der Waals surface area contributed by atoms with E-state index in [4.69, 9.17) is 0 Å². The third kappa shape index (κ3) is 4.79. The first-order chi connectivity index (χ1) is 8.23. The quantitative estimate of drug-likeness (QED) is 0.862. The van der Waals surface area contributed by atoms with Crippen LogP contribution >= 0.6 is 0 Å². The Labute approximate surface area is 112 Å². The lowest BCUT2D eigenvalue weighted by Gasteiger charge is -2.36. The molecule has 0 bridgehead atoms. The molecular weight excluding hydrogens is 220 g/mol. The minimum atomic E-state index is 0.137. The van der Waals surface area contributed by atoms with E-state index in [2.05, 4.69) is 82.3 Å². The van der Waals surface area contributed by atoms with E-state index in [0.717, 1.165) is 13.1 Å². The van der Waals surface area contributed by atoms with Gasteiger partial charge in [-0.1, -0.05) is 37.3 Å². The van der Waals surface area contributed by atoms with Gasteiger partial charge in [0.2, 0.25) is 0 Å². The molecular formula is C16H28N2. The van der Waals surface area contributed by atoms with E-state index in [1.165, 1.54) is 5.56 Å². The fraction of sp³-hybridized carbons (Fsp3) is 0.625. The van der Waals surface area contributed by atoms with Gasteiger partial charge in [-0.2, -0.15) is 0 Å². The predicted octanol–water partition coefficient (Wildman–Crippen LogP) is 2.89. The Morgan fingerprint density at radius 1 is 1.00 bits per heavy atom. The summed E-state index contributed by atoms with van der Waals surface area (Å²) in [5, 5.41) is 3.64. The molecule has 0 heterocycles. The average molecular weight is 248 g/mol. The molecule has 1 rings (SSSR count). The second-order valence-electron chi connectivity index (χ2n) is 6.77. The van der Waals surface area contributed by atoms with Crippen LogP contribution in [0.15, 0.2) is 30.3 Å². The van der Waals surface area contributed by atoms with Gasteiger partial charge >= 0.3 is 0 Å². The van der Waals surface area contributed by atoms with Gasteiger partial charge in [-0.25, -0.2) is 0 Å². The number of nitrogens with one attached hydrogen (secondary N) is 1. The lowest BCUT2D eigenvalue weighted by molar-refractivity contribution is 0.266. The molecule has 0 aliphatic heterocycles. The molecule has 0 saturated heterocycles. The SMILES string of the molecule is CN(C)CC(C)(CNC(C)(C)C)c1ccccc1. The number of hydrogen-bond donors (Lipinski definition) is 1. The lowest BCUT2D eigenvalue weighted by atomic mass is 9.81. The zero-order valence-electron chi connectivity index (χ0n) is 12.7. The van der Waals surface area contributed by atoms with Crippen molar-refractivity contribution in [1.29, 1.82) is 0 Å². The van der Waals surface area contributed by atoms with Crippen LogP contribution in [0.25, 0.3) is 0 Å². The first-order valence-corrected chi connectivity index (χ1v) is 6.68. The summed E-state index contributed by atoms with van der Waals surface area (Å²) in [6, 6.07) is 10.8. The van der Waals surface area contributed by atoms with Crippen molar-refractivity contribution in [3.8, 4) is 0 Å². The highest BCUT2D eigenvalue weighted by Gasteiger charge is 2.28. The van der Waals surface area contributed by atoms with Crippen LogP contribution < -0.4 is 5.32 Å².